The number of ether oxygens (including phenoxy) is 1. The zero-order valence-corrected chi connectivity index (χ0v) is 10.00. The van der Waals surface area contributed by atoms with Crippen LogP contribution in [0.5, 0.6) is 0 Å². The molecular formula is C12H12ClFO3. The van der Waals surface area contributed by atoms with Crippen molar-refractivity contribution >= 4 is 17.6 Å². The minimum absolute atomic E-state index is 0.206. The number of hydrogen-bond acceptors (Lipinski definition) is 2. The number of carboxylic acid groups (broad SMARTS) is 1. The van der Waals surface area contributed by atoms with Crippen LogP contribution >= 0.6 is 11.6 Å². The molecule has 1 aliphatic heterocycles. The van der Waals surface area contributed by atoms with E-state index < -0.39 is 23.1 Å². The molecule has 17 heavy (non-hydrogen) atoms. The standard InChI is InChI=1S/C12H12ClFO3/c1-7(11(15)16)12(5-17-6-12)9-4-8(13)2-3-10(9)14/h2-4,7H,5-6H2,1H3,(H,15,16). The molecule has 0 bridgehead atoms. The van der Waals surface area contributed by atoms with Gasteiger partial charge in [0.05, 0.1) is 24.5 Å². The summed E-state index contributed by atoms with van der Waals surface area (Å²) in [5, 5.41) is 9.49. The SMILES string of the molecule is CC(C(=O)O)C1(c2cc(Cl)ccc2F)COC1. The molecule has 0 radical (unpaired) electrons. The Morgan fingerprint density at radius 2 is 2.24 bits per heavy atom. The van der Waals surface area contributed by atoms with Crippen LogP contribution in [0.3, 0.4) is 0 Å². The lowest BCUT2D eigenvalue weighted by Crippen LogP contribution is -2.54. The molecule has 0 aromatic heterocycles. The van der Waals surface area contributed by atoms with E-state index >= 15 is 0 Å². The summed E-state index contributed by atoms with van der Waals surface area (Å²) >= 11 is 5.83. The Morgan fingerprint density at radius 1 is 1.59 bits per heavy atom. The molecule has 1 unspecified atom stereocenters. The first kappa shape index (κ1) is 12.3. The van der Waals surface area contributed by atoms with Crippen molar-refractivity contribution in [3.8, 4) is 0 Å². The summed E-state index contributed by atoms with van der Waals surface area (Å²) in [5.41, 5.74) is -0.480. The summed E-state index contributed by atoms with van der Waals surface area (Å²) in [6.45, 7) is 1.97. The molecule has 1 fully saturated rings. The van der Waals surface area contributed by atoms with Crippen LogP contribution < -0.4 is 0 Å². The van der Waals surface area contributed by atoms with Crippen molar-refractivity contribution in [3.05, 3.63) is 34.6 Å². The zero-order valence-electron chi connectivity index (χ0n) is 9.24. The number of carboxylic acids is 1. The third-order valence-corrected chi connectivity index (χ3v) is 3.62. The van der Waals surface area contributed by atoms with E-state index in [1.54, 1.807) is 6.92 Å². The van der Waals surface area contributed by atoms with Gasteiger partial charge < -0.3 is 9.84 Å². The molecule has 1 heterocycles. The van der Waals surface area contributed by atoms with Gasteiger partial charge in [-0.05, 0) is 18.2 Å². The molecular weight excluding hydrogens is 247 g/mol. The highest BCUT2D eigenvalue weighted by Crippen LogP contribution is 2.41. The molecule has 0 amide bonds. The fourth-order valence-corrected chi connectivity index (χ4v) is 2.25. The van der Waals surface area contributed by atoms with Gasteiger partial charge in [-0.3, -0.25) is 4.79 Å². The van der Waals surface area contributed by atoms with Crippen molar-refractivity contribution in [3.63, 3.8) is 0 Å². The van der Waals surface area contributed by atoms with Gasteiger partial charge in [-0.15, -0.1) is 0 Å². The van der Waals surface area contributed by atoms with E-state index in [0.29, 0.717) is 10.6 Å². The van der Waals surface area contributed by atoms with Gasteiger partial charge in [-0.2, -0.15) is 0 Å². The maximum Gasteiger partial charge on any atom is 0.307 e. The third kappa shape index (κ3) is 1.91. The van der Waals surface area contributed by atoms with Gasteiger partial charge in [-0.1, -0.05) is 18.5 Å². The fourth-order valence-electron chi connectivity index (χ4n) is 2.08. The summed E-state index contributed by atoms with van der Waals surface area (Å²) in [6, 6.07) is 4.18. The first-order valence-electron chi connectivity index (χ1n) is 5.23. The second kappa shape index (κ2) is 4.27. The second-order valence-corrected chi connectivity index (χ2v) is 4.77. The Labute approximate surface area is 103 Å². The van der Waals surface area contributed by atoms with Crippen molar-refractivity contribution in [1.29, 1.82) is 0 Å². The minimum atomic E-state index is -0.965. The van der Waals surface area contributed by atoms with E-state index in [1.165, 1.54) is 18.2 Å². The number of halogens is 2. The molecule has 3 nitrogen and oxygen atoms in total. The van der Waals surface area contributed by atoms with Crippen molar-refractivity contribution in [2.45, 2.75) is 12.3 Å². The minimum Gasteiger partial charge on any atom is -0.481 e. The summed E-state index contributed by atoms with van der Waals surface area (Å²) in [6.07, 6.45) is 0. The highest BCUT2D eigenvalue weighted by molar-refractivity contribution is 6.30. The van der Waals surface area contributed by atoms with E-state index in [-0.39, 0.29) is 13.2 Å². The van der Waals surface area contributed by atoms with Crippen LogP contribution in [-0.4, -0.2) is 24.3 Å². The Morgan fingerprint density at radius 3 is 2.71 bits per heavy atom. The number of hydrogen-bond donors (Lipinski definition) is 1. The Hall–Kier alpha value is -1.13. The quantitative estimate of drug-likeness (QED) is 0.906. The van der Waals surface area contributed by atoms with E-state index in [9.17, 15) is 9.18 Å². The van der Waals surface area contributed by atoms with Crippen molar-refractivity contribution in [1.82, 2.24) is 0 Å². The van der Waals surface area contributed by atoms with Gasteiger partial charge in [0.15, 0.2) is 0 Å². The lowest BCUT2D eigenvalue weighted by Gasteiger charge is -2.44. The lowest BCUT2D eigenvalue weighted by atomic mass is 9.69. The van der Waals surface area contributed by atoms with E-state index in [1.807, 2.05) is 0 Å². The monoisotopic (exact) mass is 258 g/mol. The molecule has 1 aromatic rings. The summed E-state index contributed by atoms with van der Waals surface area (Å²) in [5.74, 6) is -2.12. The number of benzene rings is 1. The maximum absolute atomic E-state index is 13.8. The molecule has 1 saturated heterocycles. The summed E-state index contributed by atoms with van der Waals surface area (Å²) in [7, 11) is 0. The van der Waals surface area contributed by atoms with Crippen molar-refractivity contribution in [2.24, 2.45) is 5.92 Å². The first-order chi connectivity index (χ1) is 7.97. The van der Waals surface area contributed by atoms with Gasteiger partial charge in [0, 0.05) is 10.6 Å². The van der Waals surface area contributed by atoms with Gasteiger partial charge >= 0.3 is 5.97 Å². The van der Waals surface area contributed by atoms with E-state index in [4.69, 9.17) is 21.4 Å². The Balaban J connectivity index is 2.48. The molecule has 92 valence electrons. The molecule has 0 saturated carbocycles. The average molecular weight is 259 g/mol. The highest BCUT2D eigenvalue weighted by Gasteiger charge is 2.49. The summed E-state index contributed by atoms with van der Waals surface area (Å²) < 4.78 is 18.9. The number of carbonyl (C=O) groups is 1. The van der Waals surface area contributed by atoms with Crippen molar-refractivity contribution in [2.75, 3.05) is 13.2 Å². The normalized spacial score (nSPS) is 19.5. The smallest absolute Gasteiger partial charge is 0.307 e. The Bertz CT molecular complexity index is 457. The van der Waals surface area contributed by atoms with Crippen LogP contribution in [0.1, 0.15) is 12.5 Å². The molecule has 0 aliphatic carbocycles. The van der Waals surface area contributed by atoms with Crippen molar-refractivity contribution < 1.29 is 19.0 Å². The van der Waals surface area contributed by atoms with Crippen LogP contribution in [0.2, 0.25) is 5.02 Å². The maximum atomic E-state index is 13.8. The number of aliphatic carboxylic acids is 1. The topological polar surface area (TPSA) is 46.5 Å². The van der Waals surface area contributed by atoms with Crippen LogP contribution in [0.15, 0.2) is 18.2 Å². The third-order valence-electron chi connectivity index (χ3n) is 3.38. The molecule has 1 atom stereocenters. The van der Waals surface area contributed by atoms with E-state index in [2.05, 4.69) is 0 Å². The average Bonchev–Trinajstić information content (AvgIpc) is 2.21. The lowest BCUT2D eigenvalue weighted by molar-refractivity contribution is -0.155. The molecule has 0 spiro atoms. The van der Waals surface area contributed by atoms with Gasteiger partial charge in [0.25, 0.3) is 0 Å². The Kier molecular flexibility index (Phi) is 3.10. The highest BCUT2D eigenvalue weighted by atomic mass is 35.5. The fraction of sp³-hybridized carbons (Fsp3) is 0.417. The van der Waals surface area contributed by atoms with E-state index in [0.717, 1.165) is 0 Å². The van der Waals surface area contributed by atoms with Gasteiger partial charge in [0.1, 0.15) is 5.82 Å². The first-order valence-corrected chi connectivity index (χ1v) is 5.61. The zero-order chi connectivity index (χ0) is 12.6. The molecule has 1 aromatic carbocycles. The van der Waals surface area contributed by atoms with Crippen LogP contribution in [-0.2, 0) is 14.9 Å². The van der Waals surface area contributed by atoms with Gasteiger partial charge in [-0.25, -0.2) is 4.39 Å². The largest absolute Gasteiger partial charge is 0.481 e. The molecule has 1 aliphatic rings. The van der Waals surface area contributed by atoms with Crippen LogP contribution in [0.25, 0.3) is 0 Å². The predicted molar refractivity (Wildman–Crippen MR) is 60.7 cm³/mol. The molecule has 1 N–H and O–H groups in total. The van der Waals surface area contributed by atoms with Crippen LogP contribution in [0.4, 0.5) is 4.39 Å². The summed E-state index contributed by atoms with van der Waals surface area (Å²) in [4.78, 5) is 11.1. The van der Waals surface area contributed by atoms with Gasteiger partial charge in [0.2, 0.25) is 0 Å². The number of rotatable bonds is 3. The molecule has 2 rings (SSSR count). The second-order valence-electron chi connectivity index (χ2n) is 4.33. The predicted octanol–water partition coefficient (Wildman–Crippen LogP) is 2.47. The molecule has 5 heteroatoms. The van der Waals surface area contributed by atoms with Crippen LogP contribution in [0, 0.1) is 11.7 Å².